The SMILES string of the molecule is CCN1CCC(N(C)CCCNC)CC1. The molecule has 0 saturated carbocycles. The average Bonchev–Trinajstić information content (AvgIpc) is 2.29. The van der Waals surface area contributed by atoms with E-state index >= 15 is 0 Å². The fourth-order valence-electron chi connectivity index (χ4n) is 2.36. The highest BCUT2D eigenvalue weighted by Crippen LogP contribution is 2.14. The minimum Gasteiger partial charge on any atom is -0.320 e. The molecule has 1 aliphatic rings. The van der Waals surface area contributed by atoms with Crippen LogP contribution in [0.3, 0.4) is 0 Å². The van der Waals surface area contributed by atoms with E-state index in [4.69, 9.17) is 0 Å². The first-order valence-corrected chi connectivity index (χ1v) is 6.35. The van der Waals surface area contributed by atoms with Crippen molar-refractivity contribution in [1.82, 2.24) is 15.1 Å². The molecule has 0 amide bonds. The molecule has 3 heteroatoms. The van der Waals surface area contributed by atoms with Crippen LogP contribution < -0.4 is 5.32 Å². The van der Waals surface area contributed by atoms with Crippen LogP contribution in [0.15, 0.2) is 0 Å². The Morgan fingerprint density at radius 2 is 2.00 bits per heavy atom. The second-order valence-corrected chi connectivity index (χ2v) is 4.60. The molecule has 1 heterocycles. The van der Waals surface area contributed by atoms with Gasteiger partial charge in [0.15, 0.2) is 0 Å². The van der Waals surface area contributed by atoms with Crippen LogP contribution >= 0.6 is 0 Å². The van der Waals surface area contributed by atoms with Crippen LogP contribution in [0.4, 0.5) is 0 Å². The molecule has 0 unspecified atom stereocenters. The zero-order valence-electron chi connectivity index (χ0n) is 10.6. The van der Waals surface area contributed by atoms with Gasteiger partial charge in [-0.2, -0.15) is 0 Å². The lowest BCUT2D eigenvalue weighted by Gasteiger charge is -2.36. The largest absolute Gasteiger partial charge is 0.320 e. The van der Waals surface area contributed by atoms with Gasteiger partial charge in [-0.3, -0.25) is 0 Å². The number of nitrogens with zero attached hydrogens (tertiary/aromatic N) is 2. The zero-order valence-corrected chi connectivity index (χ0v) is 10.6. The van der Waals surface area contributed by atoms with Crippen molar-refractivity contribution in [3.05, 3.63) is 0 Å². The molecular weight excluding hydrogens is 186 g/mol. The van der Waals surface area contributed by atoms with Crippen molar-refractivity contribution in [3.8, 4) is 0 Å². The quantitative estimate of drug-likeness (QED) is 0.664. The van der Waals surface area contributed by atoms with E-state index in [1.54, 1.807) is 0 Å². The van der Waals surface area contributed by atoms with Crippen molar-refractivity contribution in [1.29, 1.82) is 0 Å². The first-order chi connectivity index (χ1) is 7.27. The van der Waals surface area contributed by atoms with Crippen LogP contribution in [-0.2, 0) is 0 Å². The molecule has 0 spiro atoms. The normalized spacial score (nSPS) is 20.0. The van der Waals surface area contributed by atoms with Crippen LogP contribution in [-0.4, -0.2) is 62.7 Å². The lowest BCUT2D eigenvalue weighted by Crippen LogP contribution is -2.43. The number of hydrogen-bond acceptors (Lipinski definition) is 3. The summed E-state index contributed by atoms with van der Waals surface area (Å²) in [6, 6.07) is 0.824. The van der Waals surface area contributed by atoms with Gasteiger partial charge in [0.1, 0.15) is 0 Å². The molecule has 3 nitrogen and oxygen atoms in total. The summed E-state index contributed by atoms with van der Waals surface area (Å²) >= 11 is 0. The van der Waals surface area contributed by atoms with Crippen LogP contribution in [0.5, 0.6) is 0 Å². The fraction of sp³-hybridized carbons (Fsp3) is 1.00. The van der Waals surface area contributed by atoms with Crippen molar-refractivity contribution in [2.75, 3.05) is 46.8 Å². The van der Waals surface area contributed by atoms with Crippen molar-refractivity contribution < 1.29 is 0 Å². The summed E-state index contributed by atoms with van der Waals surface area (Å²) in [4.78, 5) is 5.10. The van der Waals surface area contributed by atoms with E-state index in [2.05, 4.69) is 29.1 Å². The Balaban J connectivity index is 2.15. The predicted octanol–water partition coefficient (Wildman–Crippen LogP) is 1.01. The van der Waals surface area contributed by atoms with Gasteiger partial charge in [-0.1, -0.05) is 6.92 Å². The van der Waals surface area contributed by atoms with Gasteiger partial charge in [-0.15, -0.1) is 0 Å². The number of rotatable bonds is 6. The molecular formula is C12H27N3. The number of hydrogen-bond donors (Lipinski definition) is 1. The smallest absolute Gasteiger partial charge is 0.0117 e. The summed E-state index contributed by atoms with van der Waals surface area (Å²) in [5.41, 5.74) is 0. The van der Waals surface area contributed by atoms with E-state index in [-0.39, 0.29) is 0 Å². The fourth-order valence-corrected chi connectivity index (χ4v) is 2.36. The molecule has 1 N–H and O–H groups in total. The average molecular weight is 213 g/mol. The van der Waals surface area contributed by atoms with E-state index in [1.807, 2.05) is 7.05 Å². The molecule has 15 heavy (non-hydrogen) atoms. The Morgan fingerprint density at radius 1 is 1.33 bits per heavy atom. The predicted molar refractivity (Wildman–Crippen MR) is 66.3 cm³/mol. The van der Waals surface area contributed by atoms with Crippen molar-refractivity contribution in [2.24, 2.45) is 0 Å². The van der Waals surface area contributed by atoms with E-state index in [0.29, 0.717) is 0 Å². The summed E-state index contributed by atoms with van der Waals surface area (Å²) < 4.78 is 0. The first kappa shape index (κ1) is 12.9. The third-order valence-corrected chi connectivity index (χ3v) is 3.57. The van der Waals surface area contributed by atoms with Gasteiger partial charge in [-0.05, 0) is 66.1 Å². The molecule has 1 saturated heterocycles. The van der Waals surface area contributed by atoms with Crippen LogP contribution in [0, 0.1) is 0 Å². The van der Waals surface area contributed by atoms with Crippen LogP contribution in [0.1, 0.15) is 26.2 Å². The van der Waals surface area contributed by atoms with Gasteiger partial charge in [0.25, 0.3) is 0 Å². The second kappa shape index (κ2) is 7.20. The highest BCUT2D eigenvalue weighted by atomic mass is 15.2. The second-order valence-electron chi connectivity index (χ2n) is 4.60. The summed E-state index contributed by atoms with van der Waals surface area (Å²) in [7, 11) is 4.31. The molecule has 90 valence electrons. The first-order valence-electron chi connectivity index (χ1n) is 6.35. The van der Waals surface area contributed by atoms with Gasteiger partial charge in [-0.25, -0.2) is 0 Å². The van der Waals surface area contributed by atoms with Gasteiger partial charge in [0.05, 0.1) is 0 Å². The Hall–Kier alpha value is -0.120. The Labute approximate surface area is 94.8 Å². The maximum absolute atomic E-state index is 3.21. The molecule has 0 aromatic heterocycles. The van der Waals surface area contributed by atoms with Crippen molar-refractivity contribution in [3.63, 3.8) is 0 Å². The maximum Gasteiger partial charge on any atom is 0.0117 e. The van der Waals surface area contributed by atoms with E-state index < -0.39 is 0 Å². The summed E-state index contributed by atoms with van der Waals surface area (Å²) in [5, 5.41) is 3.21. The molecule has 0 radical (unpaired) electrons. The molecule has 0 atom stereocenters. The van der Waals surface area contributed by atoms with Gasteiger partial charge in [0.2, 0.25) is 0 Å². The van der Waals surface area contributed by atoms with E-state index in [0.717, 1.165) is 12.6 Å². The Kier molecular flexibility index (Phi) is 6.22. The van der Waals surface area contributed by atoms with Crippen molar-refractivity contribution in [2.45, 2.75) is 32.2 Å². The van der Waals surface area contributed by atoms with Crippen LogP contribution in [0.25, 0.3) is 0 Å². The third kappa shape index (κ3) is 4.49. The third-order valence-electron chi connectivity index (χ3n) is 3.57. The summed E-state index contributed by atoms with van der Waals surface area (Å²) in [5.74, 6) is 0. The van der Waals surface area contributed by atoms with Crippen molar-refractivity contribution >= 4 is 0 Å². The monoisotopic (exact) mass is 213 g/mol. The minimum atomic E-state index is 0.824. The minimum absolute atomic E-state index is 0.824. The standard InChI is InChI=1S/C12H27N3/c1-4-15-10-6-12(7-11-15)14(3)9-5-8-13-2/h12-13H,4-11H2,1-3H3. The van der Waals surface area contributed by atoms with Crippen LogP contribution in [0.2, 0.25) is 0 Å². The van der Waals surface area contributed by atoms with E-state index in [1.165, 1.54) is 45.4 Å². The molecule has 0 aromatic carbocycles. The molecule has 1 aliphatic heterocycles. The Bertz CT molecular complexity index is 153. The lowest BCUT2D eigenvalue weighted by atomic mass is 10.0. The highest BCUT2D eigenvalue weighted by molar-refractivity contribution is 4.77. The number of likely N-dealkylation sites (tertiary alicyclic amines) is 1. The molecule has 1 fully saturated rings. The summed E-state index contributed by atoms with van der Waals surface area (Å²) in [6.07, 6.45) is 3.97. The molecule has 0 aliphatic carbocycles. The molecule has 0 aromatic rings. The van der Waals surface area contributed by atoms with Gasteiger partial charge in [0, 0.05) is 6.04 Å². The summed E-state index contributed by atoms with van der Waals surface area (Å²) in [6.45, 7) is 8.43. The van der Waals surface area contributed by atoms with E-state index in [9.17, 15) is 0 Å². The maximum atomic E-state index is 3.21. The van der Waals surface area contributed by atoms with Gasteiger partial charge >= 0.3 is 0 Å². The molecule has 0 bridgehead atoms. The van der Waals surface area contributed by atoms with Gasteiger partial charge < -0.3 is 15.1 Å². The number of piperidine rings is 1. The topological polar surface area (TPSA) is 18.5 Å². The molecule has 1 rings (SSSR count). The zero-order chi connectivity index (χ0) is 11.1. The highest BCUT2D eigenvalue weighted by Gasteiger charge is 2.20. The Morgan fingerprint density at radius 3 is 2.53 bits per heavy atom. The number of nitrogens with one attached hydrogen (secondary N) is 1. The lowest BCUT2D eigenvalue weighted by molar-refractivity contribution is 0.131.